The normalized spacial score (nSPS) is 11.0. The average Bonchev–Trinajstić information content (AvgIpc) is 1.91. The molecule has 0 amide bonds. The van der Waals surface area contributed by atoms with Crippen LogP contribution < -0.4 is 0 Å². The molecule has 0 rings (SSSR count). The lowest BCUT2D eigenvalue weighted by atomic mass is 10.3. The largest absolute Gasteiger partial charge is 0.390 e. The molecule has 0 spiro atoms. The van der Waals surface area contributed by atoms with Crippen LogP contribution in [0.2, 0.25) is 0 Å². The average molecular weight is 126 g/mol. The Morgan fingerprint density at radius 3 is 2.78 bits per heavy atom. The molecule has 2 N–H and O–H groups in total. The Morgan fingerprint density at radius 1 is 1.78 bits per heavy atom. The maximum Gasteiger partial charge on any atom is 0.0868 e. The molecule has 0 saturated carbocycles. The Balaban J connectivity index is 3.74. The minimum atomic E-state index is -0.169. The summed E-state index contributed by atoms with van der Waals surface area (Å²) < 4.78 is 0. The summed E-state index contributed by atoms with van der Waals surface area (Å²) in [6.07, 6.45) is 3.99. The summed E-state index contributed by atoms with van der Waals surface area (Å²) in [6.45, 7) is 3.30. The first-order valence-corrected chi connectivity index (χ1v) is 2.63. The molecule has 3 nitrogen and oxygen atoms in total. The molecule has 9 heavy (non-hydrogen) atoms. The van der Waals surface area contributed by atoms with Crippen LogP contribution in [0, 0.1) is 5.53 Å². The van der Waals surface area contributed by atoms with Gasteiger partial charge in [0, 0.05) is 0 Å². The zero-order chi connectivity index (χ0) is 7.11. The summed E-state index contributed by atoms with van der Waals surface area (Å²) in [4.78, 5) is 0. The molecule has 0 aromatic heterocycles. The summed E-state index contributed by atoms with van der Waals surface area (Å²) in [7, 11) is 0. The Labute approximate surface area is 54.2 Å². The first-order valence-electron chi connectivity index (χ1n) is 2.63. The molecule has 0 heterocycles. The first kappa shape index (κ1) is 8.04. The van der Waals surface area contributed by atoms with Crippen LogP contribution in [0.15, 0.2) is 29.5 Å². The molecule has 0 unspecified atom stereocenters. The summed E-state index contributed by atoms with van der Waals surface area (Å²) in [6, 6.07) is 0. The van der Waals surface area contributed by atoms with Crippen LogP contribution in [-0.4, -0.2) is 11.7 Å². The maximum atomic E-state index is 8.44. The van der Waals surface area contributed by atoms with E-state index in [1.165, 1.54) is 0 Å². The smallest absolute Gasteiger partial charge is 0.0868 e. The summed E-state index contributed by atoms with van der Waals surface area (Å²) in [5.41, 5.74) is 6.88. The van der Waals surface area contributed by atoms with Gasteiger partial charge >= 0.3 is 0 Å². The molecule has 0 fully saturated rings. The molecule has 0 saturated heterocycles. The highest BCUT2D eigenvalue weighted by molar-refractivity contribution is 5.00. The van der Waals surface area contributed by atoms with E-state index in [0.29, 0.717) is 12.1 Å². The summed E-state index contributed by atoms with van der Waals surface area (Å²) >= 11 is 0. The molecule has 50 valence electrons. The zero-order valence-corrected chi connectivity index (χ0v) is 5.17. The molecule has 3 heteroatoms. The molecule has 0 aromatic carbocycles. The molecule has 0 radical (unpaired) electrons. The van der Waals surface area contributed by atoms with Crippen LogP contribution in [-0.2, 0) is 0 Å². The molecular formula is C6H10N2O. The number of hydrogen-bond donors (Lipinski definition) is 2. The number of nitrogens with one attached hydrogen (secondary N) is 1. The third-order valence-electron chi connectivity index (χ3n) is 0.826. The van der Waals surface area contributed by atoms with E-state index in [2.05, 4.69) is 11.7 Å². The van der Waals surface area contributed by atoms with Crippen LogP contribution in [0.4, 0.5) is 0 Å². The quantitative estimate of drug-likeness (QED) is 0.435. The van der Waals surface area contributed by atoms with Crippen molar-refractivity contribution < 1.29 is 5.11 Å². The van der Waals surface area contributed by atoms with Gasteiger partial charge in [0.05, 0.1) is 12.3 Å². The number of nitrogens with zero attached hydrogens (tertiary/aromatic N) is 1. The van der Waals surface area contributed by atoms with E-state index in [1.54, 1.807) is 12.2 Å². The van der Waals surface area contributed by atoms with E-state index in [9.17, 15) is 0 Å². The van der Waals surface area contributed by atoms with Gasteiger partial charge in [-0.3, -0.25) is 0 Å². The van der Waals surface area contributed by atoms with E-state index < -0.39 is 0 Å². The Hall–Kier alpha value is -0.960. The van der Waals surface area contributed by atoms with Gasteiger partial charge in [-0.05, 0) is 6.42 Å². The highest BCUT2D eigenvalue weighted by Crippen LogP contribution is 1.95. The Kier molecular flexibility index (Phi) is 4.63. The van der Waals surface area contributed by atoms with Crippen molar-refractivity contribution >= 4 is 0 Å². The fraction of sp³-hybridized carbons (Fsp3) is 0.333. The number of aliphatic hydroxyl groups is 1. The van der Waals surface area contributed by atoms with Crippen LogP contribution >= 0.6 is 0 Å². The Bertz CT molecular complexity index is 129. The van der Waals surface area contributed by atoms with Gasteiger partial charge in [-0.15, -0.1) is 6.58 Å². The molecule has 0 bridgehead atoms. The molecular weight excluding hydrogens is 116 g/mol. The molecule has 0 aliphatic heterocycles. The van der Waals surface area contributed by atoms with Crippen molar-refractivity contribution in [1.82, 2.24) is 0 Å². The van der Waals surface area contributed by atoms with Gasteiger partial charge < -0.3 is 5.11 Å². The SMILES string of the molecule is C=CC/C=C(/CO)N=N. The second-order valence-electron chi connectivity index (χ2n) is 1.49. The predicted octanol–water partition coefficient (Wildman–Crippen LogP) is 1.47. The lowest BCUT2D eigenvalue weighted by molar-refractivity contribution is 0.327. The van der Waals surface area contributed by atoms with Crippen molar-refractivity contribution in [3.63, 3.8) is 0 Å². The molecule has 0 atom stereocenters. The fourth-order valence-corrected chi connectivity index (χ4v) is 0.365. The van der Waals surface area contributed by atoms with Gasteiger partial charge in [0.2, 0.25) is 0 Å². The number of rotatable bonds is 4. The van der Waals surface area contributed by atoms with Crippen LogP contribution in [0.1, 0.15) is 6.42 Å². The third-order valence-corrected chi connectivity index (χ3v) is 0.826. The minimum Gasteiger partial charge on any atom is -0.390 e. The van der Waals surface area contributed by atoms with E-state index in [-0.39, 0.29) is 6.61 Å². The minimum absolute atomic E-state index is 0.169. The lowest BCUT2D eigenvalue weighted by Crippen LogP contribution is -1.83. The number of aliphatic hydroxyl groups excluding tert-OH is 1. The van der Waals surface area contributed by atoms with Crippen LogP contribution in [0.25, 0.3) is 0 Å². The highest BCUT2D eigenvalue weighted by atomic mass is 16.3. The topological polar surface area (TPSA) is 56.4 Å². The van der Waals surface area contributed by atoms with Crippen molar-refractivity contribution in [2.45, 2.75) is 6.42 Å². The van der Waals surface area contributed by atoms with E-state index in [1.807, 2.05) is 0 Å². The lowest BCUT2D eigenvalue weighted by Gasteiger charge is -1.88. The Morgan fingerprint density at radius 2 is 2.44 bits per heavy atom. The summed E-state index contributed by atoms with van der Waals surface area (Å²) in [5.74, 6) is 0. The van der Waals surface area contributed by atoms with Gasteiger partial charge in [-0.2, -0.15) is 5.11 Å². The van der Waals surface area contributed by atoms with Gasteiger partial charge in [-0.25, -0.2) is 5.53 Å². The van der Waals surface area contributed by atoms with Crippen molar-refractivity contribution in [1.29, 1.82) is 5.53 Å². The van der Waals surface area contributed by atoms with E-state index in [0.717, 1.165) is 0 Å². The maximum absolute atomic E-state index is 8.44. The molecule has 0 aliphatic rings. The van der Waals surface area contributed by atoms with E-state index in [4.69, 9.17) is 10.6 Å². The van der Waals surface area contributed by atoms with Gasteiger partial charge in [0.15, 0.2) is 0 Å². The monoisotopic (exact) mass is 126 g/mol. The summed E-state index contributed by atoms with van der Waals surface area (Å²) in [5, 5.41) is 11.5. The standard InChI is InChI=1S/C6H10N2O/c1-2-3-4-6(5-9)8-7/h2,4,7,9H,1,3,5H2/b6-4-,8-7?. The molecule has 0 aromatic rings. The van der Waals surface area contributed by atoms with Gasteiger partial charge in [0.25, 0.3) is 0 Å². The number of hydrogen-bond acceptors (Lipinski definition) is 3. The van der Waals surface area contributed by atoms with Crippen molar-refractivity contribution in [2.24, 2.45) is 5.11 Å². The number of allylic oxidation sites excluding steroid dienone is 2. The fourth-order valence-electron chi connectivity index (χ4n) is 0.365. The van der Waals surface area contributed by atoms with E-state index >= 15 is 0 Å². The second kappa shape index (κ2) is 5.18. The van der Waals surface area contributed by atoms with Crippen LogP contribution in [0.3, 0.4) is 0 Å². The zero-order valence-electron chi connectivity index (χ0n) is 5.17. The van der Waals surface area contributed by atoms with Gasteiger partial charge in [-0.1, -0.05) is 12.2 Å². The van der Waals surface area contributed by atoms with Gasteiger partial charge in [0.1, 0.15) is 0 Å². The van der Waals surface area contributed by atoms with Crippen LogP contribution in [0.5, 0.6) is 0 Å². The van der Waals surface area contributed by atoms with Crippen molar-refractivity contribution in [3.8, 4) is 0 Å². The molecule has 0 aliphatic carbocycles. The highest BCUT2D eigenvalue weighted by Gasteiger charge is 1.86. The second-order valence-corrected chi connectivity index (χ2v) is 1.49. The van der Waals surface area contributed by atoms with Crippen molar-refractivity contribution in [2.75, 3.05) is 6.61 Å². The third kappa shape index (κ3) is 3.61. The predicted molar refractivity (Wildman–Crippen MR) is 35.1 cm³/mol. The first-order chi connectivity index (χ1) is 4.35. The van der Waals surface area contributed by atoms with Crippen molar-refractivity contribution in [3.05, 3.63) is 24.4 Å².